The van der Waals surface area contributed by atoms with Crippen LogP contribution in [0.3, 0.4) is 0 Å². The highest BCUT2D eigenvalue weighted by atomic mass is 19.4. The third kappa shape index (κ3) is 5.51. The summed E-state index contributed by atoms with van der Waals surface area (Å²) in [6.07, 6.45) is -5.22. The Labute approximate surface area is 97.3 Å². The predicted molar refractivity (Wildman–Crippen MR) is 57.3 cm³/mol. The number of hydrogen-bond donors (Lipinski definition) is 1. The molecule has 94 valence electrons. The molecule has 0 aliphatic heterocycles. The lowest BCUT2D eigenvalue weighted by Gasteiger charge is -2.09. The van der Waals surface area contributed by atoms with Gasteiger partial charge in [-0.05, 0) is 11.6 Å². The van der Waals surface area contributed by atoms with Crippen LogP contribution >= 0.6 is 0 Å². The van der Waals surface area contributed by atoms with E-state index in [1.165, 1.54) is 0 Å². The van der Waals surface area contributed by atoms with Crippen LogP contribution in [0.15, 0.2) is 42.5 Å². The first kappa shape index (κ1) is 13.7. The van der Waals surface area contributed by atoms with E-state index in [0.717, 1.165) is 11.6 Å². The Kier molecular flexibility index (Phi) is 5.18. The molecule has 0 fully saturated rings. The minimum absolute atomic E-state index is 0.0298. The van der Waals surface area contributed by atoms with E-state index in [-0.39, 0.29) is 6.61 Å². The molecule has 0 radical (unpaired) electrons. The van der Waals surface area contributed by atoms with Crippen LogP contribution in [-0.2, 0) is 11.3 Å². The molecule has 0 aliphatic rings. The number of rotatable bonds is 5. The summed E-state index contributed by atoms with van der Waals surface area (Å²) >= 11 is 0. The van der Waals surface area contributed by atoms with Gasteiger partial charge < -0.3 is 9.84 Å². The van der Waals surface area contributed by atoms with Gasteiger partial charge in [0.2, 0.25) is 0 Å². The number of ether oxygens (including phenoxy) is 1. The third-order valence-corrected chi connectivity index (χ3v) is 1.98. The van der Waals surface area contributed by atoms with Gasteiger partial charge in [0, 0.05) is 0 Å². The van der Waals surface area contributed by atoms with E-state index >= 15 is 0 Å². The molecule has 0 spiro atoms. The second-order valence-corrected chi connectivity index (χ2v) is 3.42. The maximum atomic E-state index is 11.9. The fourth-order valence-corrected chi connectivity index (χ4v) is 1.11. The molecule has 1 rings (SSSR count). The van der Waals surface area contributed by atoms with E-state index in [1.54, 1.807) is 0 Å². The van der Waals surface area contributed by atoms with E-state index in [1.807, 2.05) is 30.3 Å². The van der Waals surface area contributed by atoms with Gasteiger partial charge in [-0.2, -0.15) is 13.2 Å². The number of alkyl halides is 3. The molecule has 0 saturated heterocycles. The molecule has 0 bridgehead atoms. The monoisotopic (exact) mass is 246 g/mol. The van der Waals surface area contributed by atoms with Gasteiger partial charge in [-0.25, -0.2) is 0 Å². The Morgan fingerprint density at radius 1 is 1.24 bits per heavy atom. The van der Waals surface area contributed by atoms with Crippen LogP contribution in [0.4, 0.5) is 13.2 Å². The van der Waals surface area contributed by atoms with Crippen LogP contribution in [0.25, 0.3) is 0 Å². The van der Waals surface area contributed by atoms with Gasteiger partial charge in [0.1, 0.15) is 0 Å². The highest BCUT2D eigenvalue weighted by molar-refractivity contribution is 5.13. The van der Waals surface area contributed by atoms with E-state index in [0.29, 0.717) is 12.7 Å². The van der Waals surface area contributed by atoms with Gasteiger partial charge in [0.05, 0.1) is 13.2 Å². The van der Waals surface area contributed by atoms with Gasteiger partial charge >= 0.3 is 6.18 Å². The predicted octanol–water partition coefficient (Wildman–Crippen LogP) is 2.68. The van der Waals surface area contributed by atoms with Gasteiger partial charge in [0.25, 0.3) is 0 Å². The molecule has 2 nitrogen and oxygen atoms in total. The van der Waals surface area contributed by atoms with Crippen LogP contribution in [0, 0.1) is 0 Å². The quantitative estimate of drug-likeness (QED) is 0.639. The highest BCUT2D eigenvalue weighted by Gasteiger charge is 2.35. The molecule has 1 N–H and O–H groups in total. The normalized spacial score (nSPS) is 14.1. The molecule has 0 aliphatic carbocycles. The average molecular weight is 246 g/mol. The first-order chi connectivity index (χ1) is 8.00. The summed E-state index contributed by atoms with van der Waals surface area (Å²) in [5.41, 5.74) is 0.942. The van der Waals surface area contributed by atoms with Crippen molar-refractivity contribution in [2.45, 2.75) is 18.9 Å². The molecule has 0 heterocycles. The van der Waals surface area contributed by atoms with Crippen LogP contribution in [-0.4, -0.2) is 24.0 Å². The molecule has 0 amide bonds. The Bertz CT molecular complexity index is 347. The number of hydrogen-bond acceptors (Lipinski definition) is 2. The van der Waals surface area contributed by atoms with Crippen molar-refractivity contribution in [3.63, 3.8) is 0 Å². The van der Waals surface area contributed by atoms with Gasteiger partial charge in [-0.15, -0.1) is 0 Å². The van der Waals surface area contributed by atoms with Crippen LogP contribution < -0.4 is 0 Å². The summed E-state index contributed by atoms with van der Waals surface area (Å²) < 4.78 is 40.8. The minimum Gasteiger partial charge on any atom is -0.380 e. The molecule has 0 saturated carbocycles. The number of aliphatic hydroxyl groups is 1. The fraction of sp³-hybridized carbons (Fsp3) is 0.333. The molecule has 1 atom stereocenters. The van der Waals surface area contributed by atoms with Crippen molar-refractivity contribution in [2.24, 2.45) is 0 Å². The standard InChI is InChI=1S/C12H13F3O2/c13-12(14,15)11(16)7-4-8-17-9-10-5-2-1-3-6-10/h1-7,11,16H,8-9H2/b7-4+. The Balaban J connectivity index is 2.23. The van der Waals surface area contributed by atoms with Gasteiger partial charge in [-0.1, -0.05) is 36.4 Å². The van der Waals surface area contributed by atoms with E-state index < -0.39 is 12.3 Å². The van der Waals surface area contributed by atoms with Gasteiger partial charge in [-0.3, -0.25) is 0 Å². The summed E-state index contributed by atoms with van der Waals surface area (Å²) in [6.45, 7) is 0.356. The Morgan fingerprint density at radius 3 is 2.47 bits per heavy atom. The van der Waals surface area contributed by atoms with E-state index in [2.05, 4.69) is 0 Å². The fourth-order valence-electron chi connectivity index (χ4n) is 1.11. The van der Waals surface area contributed by atoms with Crippen molar-refractivity contribution >= 4 is 0 Å². The number of benzene rings is 1. The van der Waals surface area contributed by atoms with E-state index in [4.69, 9.17) is 9.84 Å². The molecule has 17 heavy (non-hydrogen) atoms. The van der Waals surface area contributed by atoms with Crippen molar-refractivity contribution in [3.05, 3.63) is 48.0 Å². The number of halogens is 3. The van der Waals surface area contributed by atoms with Gasteiger partial charge in [0.15, 0.2) is 6.10 Å². The Hall–Kier alpha value is -1.33. The second kappa shape index (κ2) is 6.42. The van der Waals surface area contributed by atoms with Crippen molar-refractivity contribution in [1.82, 2.24) is 0 Å². The SMILES string of the molecule is OC(/C=C/COCc1ccccc1)C(F)(F)F. The summed E-state index contributed by atoms with van der Waals surface area (Å²) in [4.78, 5) is 0. The molecule has 5 heteroatoms. The maximum absolute atomic E-state index is 11.9. The Morgan fingerprint density at radius 2 is 1.88 bits per heavy atom. The largest absolute Gasteiger partial charge is 0.417 e. The van der Waals surface area contributed by atoms with E-state index in [9.17, 15) is 13.2 Å². The van der Waals surface area contributed by atoms with Crippen LogP contribution in [0.1, 0.15) is 5.56 Å². The molecule has 0 aromatic heterocycles. The van der Waals surface area contributed by atoms with Crippen molar-refractivity contribution in [1.29, 1.82) is 0 Å². The molecule has 1 aromatic rings. The molecule has 1 aromatic carbocycles. The van der Waals surface area contributed by atoms with Crippen molar-refractivity contribution < 1.29 is 23.0 Å². The maximum Gasteiger partial charge on any atom is 0.417 e. The zero-order valence-electron chi connectivity index (χ0n) is 9.02. The first-order valence-electron chi connectivity index (χ1n) is 5.03. The van der Waals surface area contributed by atoms with Crippen molar-refractivity contribution in [3.8, 4) is 0 Å². The third-order valence-electron chi connectivity index (χ3n) is 1.98. The molecular formula is C12H13F3O2. The van der Waals surface area contributed by atoms with Crippen LogP contribution in [0.5, 0.6) is 0 Å². The summed E-state index contributed by atoms with van der Waals surface area (Å²) in [6, 6.07) is 9.27. The lowest BCUT2D eigenvalue weighted by Crippen LogP contribution is -2.26. The minimum atomic E-state index is -4.62. The second-order valence-electron chi connectivity index (χ2n) is 3.42. The molecular weight excluding hydrogens is 233 g/mol. The number of aliphatic hydroxyl groups excluding tert-OH is 1. The highest BCUT2D eigenvalue weighted by Crippen LogP contribution is 2.20. The zero-order valence-corrected chi connectivity index (χ0v) is 9.02. The lowest BCUT2D eigenvalue weighted by molar-refractivity contribution is -0.187. The zero-order chi connectivity index (χ0) is 12.7. The summed E-state index contributed by atoms with van der Waals surface area (Å²) in [7, 11) is 0. The van der Waals surface area contributed by atoms with Crippen LogP contribution in [0.2, 0.25) is 0 Å². The topological polar surface area (TPSA) is 29.5 Å². The molecule has 1 unspecified atom stereocenters. The lowest BCUT2D eigenvalue weighted by atomic mass is 10.2. The van der Waals surface area contributed by atoms with Crippen molar-refractivity contribution in [2.75, 3.05) is 6.61 Å². The average Bonchev–Trinajstić information content (AvgIpc) is 2.28. The first-order valence-corrected chi connectivity index (χ1v) is 5.03. The smallest absolute Gasteiger partial charge is 0.380 e. The summed E-state index contributed by atoms with van der Waals surface area (Å²) in [5, 5.41) is 8.63. The summed E-state index contributed by atoms with van der Waals surface area (Å²) in [5.74, 6) is 0.